The summed E-state index contributed by atoms with van der Waals surface area (Å²) in [4.78, 5) is 37.2. The van der Waals surface area contributed by atoms with E-state index in [2.05, 4.69) is 20.8 Å². The zero-order chi connectivity index (χ0) is 15.1. The first-order valence-corrected chi connectivity index (χ1v) is 5.95. The van der Waals surface area contributed by atoms with E-state index in [4.69, 9.17) is 9.63 Å². The SMILES string of the molecule is Cc1nc(CNC(=O)NC(=O)CC(C)CC(=O)O)no1. The molecule has 1 rings (SSSR count). The third-order valence-corrected chi connectivity index (χ3v) is 2.29. The molecule has 0 aromatic carbocycles. The van der Waals surface area contributed by atoms with Gasteiger partial charge in [0.1, 0.15) is 0 Å². The lowest BCUT2D eigenvalue weighted by atomic mass is 10.0. The minimum absolute atomic E-state index is 0.0289. The van der Waals surface area contributed by atoms with Crippen LogP contribution in [-0.2, 0) is 16.1 Å². The molecule has 0 aliphatic carbocycles. The van der Waals surface area contributed by atoms with Crippen LogP contribution < -0.4 is 10.6 Å². The van der Waals surface area contributed by atoms with Crippen molar-refractivity contribution in [3.05, 3.63) is 11.7 Å². The van der Waals surface area contributed by atoms with Gasteiger partial charge in [0, 0.05) is 19.8 Å². The summed E-state index contributed by atoms with van der Waals surface area (Å²) in [6.07, 6.45) is -0.168. The first-order valence-electron chi connectivity index (χ1n) is 5.95. The number of hydrogen-bond donors (Lipinski definition) is 3. The van der Waals surface area contributed by atoms with E-state index in [9.17, 15) is 14.4 Å². The molecule has 1 aromatic rings. The van der Waals surface area contributed by atoms with E-state index in [0.717, 1.165) is 0 Å². The van der Waals surface area contributed by atoms with Crippen LogP contribution in [-0.4, -0.2) is 33.2 Å². The van der Waals surface area contributed by atoms with Crippen LogP contribution in [0.4, 0.5) is 4.79 Å². The fraction of sp³-hybridized carbons (Fsp3) is 0.545. The van der Waals surface area contributed by atoms with Crippen molar-refractivity contribution in [3.8, 4) is 0 Å². The maximum absolute atomic E-state index is 11.4. The molecule has 3 amide bonds. The number of aliphatic carboxylic acids is 1. The van der Waals surface area contributed by atoms with Gasteiger partial charge in [0.25, 0.3) is 0 Å². The van der Waals surface area contributed by atoms with Gasteiger partial charge >= 0.3 is 12.0 Å². The quantitative estimate of drug-likeness (QED) is 0.679. The number of rotatable bonds is 6. The van der Waals surface area contributed by atoms with E-state index in [1.54, 1.807) is 13.8 Å². The molecule has 110 valence electrons. The van der Waals surface area contributed by atoms with Crippen molar-refractivity contribution in [1.29, 1.82) is 0 Å². The lowest BCUT2D eigenvalue weighted by Crippen LogP contribution is -2.39. The van der Waals surface area contributed by atoms with Crippen LogP contribution in [0.2, 0.25) is 0 Å². The maximum atomic E-state index is 11.4. The lowest BCUT2D eigenvalue weighted by molar-refractivity contribution is -0.138. The Balaban J connectivity index is 2.27. The molecule has 0 saturated carbocycles. The number of nitrogens with zero attached hydrogens (tertiary/aromatic N) is 2. The van der Waals surface area contributed by atoms with Gasteiger partial charge in [-0.3, -0.25) is 14.9 Å². The number of carbonyl (C=O) groups excluding carboxylic acids is 2. The molecule has 0 saturated heterocycles. The van der Waals surface area contributed by atoms with Gasteiger partial charge in [0.2, 0.25) is 11.8 Å². The van der Waals surface area contributed by atoms with Gasteiger partial charge in [-0.25, -0.2) is 4.79 Å². The molecule has 0 spiro atoms. The average molecular weight is 284 g/mol. The van der Waals surface area contributed by atoms with Gasteiger partial charge in [0.05, 0.1) is 6.54 Å². The van der Waals surface area contributed by atoms with Crippen molar-refractivity contribution in [2.75, 3.05) is 0 Å². The van der Waals surface area contributed by atoms with Crippen LogP contribution in [0.5, 0.6) is 0 Å². The molecule has 3 N–H and O–H groups in total. The zero-order valence-electron chi connectivity index (χ0n) is 11.2. The van der Waals surface area contributed by atoms with Crippen LogP contribution in [0, 0.1) is 12.8 Å². The second-order valence-corrected chi connectivity index (χ2v) is 4.37. The molecule has 0 radical (unpaired) electrons. The monoisotopic (exact) mass is 284 g/mol. The number of hydrogen-bond acceptors (Lipinski definition) is 6. The Morgan fingerprint density at radius 1 is 1.35 bits per heavy atom. The number of urea groups is 1. The number of amides is 3. The maximum Gasteiger partial charge on any atom is 0.321 e. The standard InChI is InChI=1S/C11H16N4O5/c1-6(4-10(17)18)3-9(16)14-11(19)12-5-8-13-7(2)20-15-8/h6H,3-5H2,1-2H3,(H,17,18)(H2,12,14,16,19). The van der Waals surface area contributed by atoms with Gasteiger partial charge in [-0.1, -0.05) is 12.1 Å². The Morgan fingerprint density at radius 3 is 2.60 bits per heavy atom. The predicted octanol–water partition coefficient (Wildman–Crippen LogP) is 0.205. The van der Waals surface area contributed by atoms with E-state index < -0.39 is 17.9 Å². The second kappa shape index (κ2) is 7.22. The predicted molar refractivity (Wildman–Crippen MR) is 65.4 cm³/mol. The van der Waals surface area contributed by atoms with Crippen molar-refractivity contribution in [2.45, 2.75) is 33.2 Å². The Bertz CT molecular complexity index is 499. The fourth-order valence-electron chi connectivity index (χ4n) is 1.48. The number of nitrogens with one attached hydrogen (secondary N) is 2. The van der Waals surface area contributed by atoms with Gasteiger partial charge < -0.3 is 14.9 Å². The Kier molecular flexibility index (Phi) is 5.63. The van der Waals surface area contributed by atoms with Crippen molar-refractivity contribution < 1.29 is 24.0 Å². The summed E-state index contributed by atoms with van der Waals surface area (Å²) in [7, 11) is 0. The molecule has 0 bridgehead atoms. The van der Waals surface area contributed by atoms with E-state index in [1.165, 1.54) is 0 Å². The van der Waals surface area contributed by atoms with Crippen LogP contribution in [0.3, 0.4) is 0 Å². The van der Waals surface area contributed by atoms with Gasteiger partial charge in [-0.15, -0.1) is 0 Å². The first kappa shape index (κ1) is 15.6. The summed E-state index contributed by atoms with van der Waals surface area (Å²) in [5.74, 6) is -1.20. The summed E-state index contributed by atoms with van der Waals surface area (Å²) >= 11 is 0. The molecule has 9 nitrogen and oxygen atoms in total. The highest BCUT2D eigenvalue weighted by Crippen LogP contribution is 2.06. The molecule has 0 aliphatic heterocycles. The highest BCUT2D eigenvalue weighted by atomic mass is 16.5. The molecule has 1 heterocycles. The number of aromatic nitrogens is 2. The van der Waals surface area contributed by atoms with Crippen LogP contribution >= 0.6 is 0 Å². The number of carbonyl (C=O) groups is 3. The second-order valence-electron chi connectivity index (χ2n) is 4.37. The number of carboxylic acid groups (broad SMARTS) is 1. The number of carboxylic acids is 1. The molecular weight excluding hydrogens is 268 g/mol. The summed E-state index contributed by atoms with van der Waals surface area (Å²) < 4.78 is 4.71. The zero-order valence-corrected chi connectivity index (χ0v) is 11.2. The van der Waals surface area contributed by atoms with Crippen molar-refractivity contribution in [3.63, 3.8) is 0 Å². The van der Waals surface area contributed by atoms with Gasteiger partial charge in [0.15, 0.2) is 5.82 Å². The van der Waals surface area contributed by atoms with E-state index >= 15 is 0 Å². The largest absolute Gasteiger partial charge is 0.481 e. The molecule has 0 fully saturated rings. The fourth-order valence-corrected chi connectivity index (χ4v) is 1.48. The van der Waals surface area contributed by atoms with Gasteiger partial charge in [-0.2, -0.15) is 4.98 Å². The average Bonchev–Trinajstić information content (AvgIpc) is 2.71. The van der Waals surface area contributed by atoms with E-state index in [0.29, 0.717) is 11.7 Å². The molecule has 20 heavy (non-hydrogen) atoms. The smallest absolute Gasteiger partial charge is 0.321 e. The number of imide groups is 1. The van der Waals surface area contributed by atoms with Crippen LogP contribution in [0.15, 0.2) is 4.52 Å². The van der Waals surface area contributed by atoms with Gasteiger partial charge in [-0.05, 0) is 5.92 Å². The summed E-state index contributed by atoms with van der Waals surface area (Å²) in [6, 6.07) is -0.694. The van der Waals surface area contributed by atoms with Crippen molar-refractivity contribution in [2.24, 2.45) is 5.92 Å². The molecule has 1 atom stereocenters. The highest BCUT2D eigenvalue weighted by molar-refractivity contribution is 5.94. The molecular formula is C11H16N4O5. The van der Waals surface area contributed by atoms with Crippen LogP contribution in [0.25, 0.3) is 0 Å². The molecule has 0 aliphatic rings. The highest BCUT2D eigenvalue weighted by Gasteiger charge is 2.15. The summed E-state index contributed by atoms with van der Waals surface area (Å²) in [6.45, 7) is 3.26. The topological polar surface area (TPSA) is 134 Å². The lowest BCUT2D eigenvalue weighted by Gasteiger charge is -2.08. The Labute approximate surface area is 114 Å². The minimum atomic E-state index is -0.984. The number of aryl methyl sites for hydroxylation is 1. The van der Waals surface area contributed by atoms with Crippen LogP contribution in [0.1, 0.15) is 31.5 Å². The van der Waals surface area contributed by atoms with Crippen molar-refractivity contribution in [1.82, 2.24) is 20.8 Å². The third-order valence-electron chi connectivity index (χ3n) is 2.29. The molecule has 9 heteroatoms. The van der Waals surface area contributed by atoms with E-state index in [1.807, 2.05) is 0 Å². The van der Waals surface area contributed by atoms with E-state index in [-0.39, 0.29) is 25.3 Å². The summed E-state index contributed by atoms with van der Waals surface area (Å²) in [5.41, 5.74) is 0. The summed E-state index contributed by atoms with van der Waals surface area (Å²) in [5, 5.41) is 16.6. The third kappa shape index (κ3) is 5.94. The molecule has 1 unspecified atom stereocenters. The Hall–Kier alpha value is -2.45. The minimum Gasteiger partial charge on any atom is -0.481 e. The Morgan fingerprint density at radius 2 is 2.05 bits per heavy atom. The van der Waals surface area contributed by atoms with Crippen molar-refractivity contribution >= 4 is 17.9 Å². The first-order chi connectivity index (χ1) is 9.36. The normalized spacial score (nSPS) is 11.7. The molecule has 1 aromatic heterocycles.